The molecular weight excluding hydrogens is 632 g/mol. The maximum atomic E-state index is 14.9. The van der Waals surface area contributed by atoms with Crippen molar-refractivity contribution in [2.75, 3.05) is 50.0 Å². The molecule has 0 aliphatic carbocycles. The van der Waals surface area contributed by atoms with E-state index in [1.54, 1.807) is 25.3 Å². The summed E-state index contributed by atoms with van der Waals surface area (Å²) in [7, 11) is 2.09. The van der Waals surface area contributed by atoms with Gasteiger partial charge in [-0.15, -0.1) is 0 Å². The van der Waals surface area contributed by atoms with E-state index in [0.29, 0.717) is 21.8 Å². The van der Waals surface area contributed by atoms with Gasteiger partial charge >= 0.3 is 0 Å². The lowest BCUT2D eigenvalue weighted by atomic mass is 10.0. The van der Waals surface area contributed by atoms with Gasteiger partial charge in [0.1, 0.15) is 23.0 Å². The predicted molar refractivity (Wildman–Crippen MR) is 181 cm³/mol. The fourth-order valence-electron chi connectivity index (χ4n) is 5.74. The van der Waals surface area contributed by atoms with E-state index in [1.165, 1.54) is 34.9 Å². The molecule has 13 heteroatoms. The lowest BCUT2D eigenvalue weighted by Gasteiger charge is -2.35. The number of piperazine rings is 1. The van der Waals surface area contributed by atoms with E-state index in [0.717, 1.165) is 49.6 Å². The van der Waals surface area contributed by atoms with Crippen LogP contribution in [0.3, 0.4) is 0 Å². The van der Waals surface area contributed by atoms with Crippen LogP contribution in [0.25, 0.3) is 16.8 Å². The maximum absolute atomic E-state index is 14.9. The molecule has 1 saturated heterocycles. The van der Waals surface area contributed by atoms with Crippen LogP contribution in [0.15, 0.2) is 85.2 Å². The second kappa shape index (κ2) is 14.2. The molecule has 3 heterocycles. The molecule has 3 aromatic carbocycles. The molecule has 0 unspecified atom stereocenters. The average molecular weight is 668 g/mol. The SMILES string of the molecule is CCN(O)C(=O)c1cc(F)cc(-c2ccn3c(C(=O)Nc4cc(C(=O)NCc5ccccc5N5CCN(C)CC5)ccc4F)cnc3c2)c1. The Labute approximate surface area is 281 Å². The second-order valence-corrected chi connectivity index (χ2v) is 11.8. The molecule has 0 atom stereocenters. The number of pyridine rings is 1. The molecule has 1 aliphatic heterocycles. The number of nitrogens with one attached hydrogen (secondary N) is 2. The number of rotatable bonds is 9. The minimum absolute atomic E-state index is 0.0311. The number of fused-ring (bicyclic) bond motifs is 1. The third-order valence-electron chi connectivity index (χ3n) is 8.51. The van der Waals surface area contributed by atoms with E-state index >= 15 is 0 Å². The molecule has 11 nitrogen and oxygen atoms in total. The summed E-state index contributed by atoms with van der Waals surface area (Å²) in [5.41, 5.74) is 3.29. The van der Waals surface area contributed by atoms with Crippen molar-refractivity contribution in [3.05, 3.63) is 119 Å². The number of aromatic nitrogens is 2. The Kier molecular flexibility index (Phi) is 9.65. The number of likely N-dealkylation sites (N-methyl/N-ethyl adjacent to an activating group) is 1. The molecule has 3 N–H and O–H groups in total. The van der Waals surface area contributed by atoms with Crippen LogP contribution in [0, 0.1) is 11.6 Å². The van der Waals surface area contributed by atoms with Crippen LogP contribution in [0.4, 0.5) is 20.2 Å². The first-order chi connectivity index (χ1) is 23.6. The Morgan fingerprint density at radius 1 is 0.898 bits per heavy atom. The van der Waals surface area contributed by atoms with Crippen molar-refractivity contribution < 1.29 is 28.4 Å². The van der Waals surface area contributed by atoms with Gasteiger partial charge in [0.25, 0.3) is 17.7 Å². The molecule has 0 saturated carbocycles. The van der Waals surface area contributed by atoms with Gasteiger partial charge in [0.15, 0.2) is 0 Å². The van der Waals surface area contributed by atoms with Gasteiger partial charge in [0, 0.05) is 62.3 Å². The number of hydroxylamine groups is 2. The second-order valence-electron chi connectivity index (χ2n) is 11.8. The van der Waals surface area contributed by atoms with E-state index in [1.807, 2.05) is 24.3 Å². The first-order valence-electron chi connectivity index (χ1n) is 15.8. The van der Waals surface area contributed by atoms with Crippen LogP contribution in [0.1, 0.15) is 43.7 Å². The number of carbonyl (C=O) groups excluding carboxylic acids is 3. The Hall–Kier alpha value is -5.66. The quantitative estimate of drug-likeness (QED) is 0.148. The van der Waals surface area contributed by atoms with E-state index in [9.17, 15) is 28.4 Å². The van der Waals surface area contributed by atoms with Gasteiger partial charge < -0.3 is 20.4 Å². The molecule has 0 spiro atoms. The topological polar surface area (TPSA) is 123 Å². The molecule has 1 fully saturated rings. The van der Waals surface area contributed by atoms with Crippen LogP contribution in [-0.4, -0.2) is 82.0 Å². The zero-order chi connectivity index (χ0) is 34.7. The minimum Gasteiger partial charge on any atom is -0.369 e. The molecule has 252 valence electrons. The lowest BCUT2D eigenvalue weighted by Crippen LogP contribution is -2.45. The Morgan fingerprint density at radius 2 is 1.67 bits per heavy atom. The normalized spacial score (nSPS) is 13.4. The van der Waals surface area contributed by atoms with Gasteiger partial charge in [-0.2, -0.15) is 0 Å². The van der Waals surface area contributed by atoms with Crippen molar-refractivity contribution in [3.8, 4) is 11.1 Å². The van der Waals surface area contributed by atoms with Crippen molar-refractivity contribution in [1.29, 1.82) is 0 Å². The third-order valence-corrected chi connectivity index (χ3v) is 8.51. The monoisotopic (exact) mass is 667 g/mol. The molecule has 0 bridgehead atoms. The standard InChI is InChI=1S/C36H35F2N7O4/c1-3-45(49)36(48)27-16-26(17-28(37)18-27)23-10-11-44-32(22-39-33(44)20-23)35(47)41-30-19-24(8-9-29(30)38)34(46)40-21-25-6-4-5-7-31(25)43-14-12-42(2)13-15-43/h4-11,16-20,22,49H,3,12-15,21H2,1-2H3,(H,40,46)(H,41,47). The number of anilines is 2. The summed E-state index contributed by atoms with van der Waals surface area (Å²) >= 11 is 0. The van der Waals surface area contributed by atoms with E-state index in [4.69, 9.17) is 0 Å². The highest BCUT2D eigenvalue weighted by atomic mass is 19.1. The van der Waals surface area contributed by atoms with Gasteiger partial charge in [-0.25, -0.2) is 18.8 Å². The molecule has 49 heavy (non-hydrogen) atoms. The summed E-state index contributed by atoms with van der Waals surface area (Å²) in [5.74, 6) is -3.22. The summed E-state index contributed by atoms with van der Waals surface area (Å²) in [6.45, 7) is 5.55. The van der Waals surface area contributed by atoms with E-state index in [-0.39, 0.29) is 35.6 Å². The highest BCUT2D eigenvalue weighted by Crippen LogP contribution is 2.26. The molecule has 3 amide bonds. The van der Waals surface area contributed by atoms with Crippen molar-refractivity contribution in [2.24, 2.45) is 0 Å². The zero-order valence-corrected chi connectivity index (χ0v) is 27.0. The highest BCUT2D eigenvalue weighted by Gasteiger charge is 2.20. The zero-order valence-electron chi connectivity index (χ0n) is 27.0. The number of carbonyl (C=O) groups is 3. The van der Waals surface area contributed by atoms with Gasteiger partial charge in [0.2, 0.25) is 0 Å². The van der Waals surface area contributed by atoms with Crippen LogP contribution in [0.2, 0.25) is 0 Å². The first kappa shape index (κ1) is 33.2. The number of hydrogen-bond acceptors (Lipinski definition) is 7. The van der Waals surface area contributed by atoms with Crippen LogP contribution >= 0.6 is 0 Å². The number of amides is 3. The third kappa shape index (κ3) is 7.27. The molecule has 1 aliphatic rings. The van der Waals surface area contributed by atoms with Gasteiger partial charge in [0.05, 0.1) is 11.9 Å². The number of benzene rings is 3. The van der Waals surface area contributed by atoms with Gasteiger partial charge in [-0.05, 0) is 85.3 Å². The van der Waals surface area contributed by atoms with Gasteiger partial charge in [-0.3, -0.25) is 24.0 Å². The Bertz CT molecular complexity index is 2040. The average Bonchev–Trinajstić information content (AvgIpc) is 3.55. The Morgan fingerprint density at radius 3 is 2.45 bits per heavy atom. The van der Waals surface area contributed by atoms with Crippen LogP contribution in [-0.2, 0) is 6.54 Å². The number of hydrogen-bond donors (Lipinski definition) is 3. The smallest absolute Gasteiger partial charge is 0.277 e. The lowest BCUT2D eigenvalue weighted by molar-refractivity contribution is -0.0541. The van der Waals surface area contributed by atoms with Gasteiger partial charge in [-0.1, -0.05) is 18.2 Å². The summed E-state index contributed by atoms with van der Waals surface area (Å²) in [6, 6.07) is 18.6. The Balaban J connectivity index is 1.16. The van der Waals surface area contributed by atoms with Crippen molar-refractivity contribution in [2.45, 2.75) is 13.5 Å². The van der Waals surface area contributed by atoms with Crippen LogP contribution in [0.5, 0.6) is 0 Å². The highest BCUT2D eigenvalue weighted by molar-refractivity contribution is 6.04. The molecule has 5 aromatic rings. The first-order valence-corrected chi connectivity index (χ1v) is 15.8. The largest absolute Gasteiger partial charge is 0.369 e. The van der Waals surface area contributed by atoms with Crippen molar-refractivity contribution >= 4 is 34.7 Å². The summed E-state index contributed by atoms with van der Waals surface area (Å²) in [6.07, 6.45) is 2.86. The molecule has 0 radical (unpaired) electrons. The number of nitrogens with zero attached hydrogens (tertiary/aromatic N) is 5. The fraction of sp³-hybridized carbons (Fsp3) is 0.222. The van der Waals surface area contributed by atoms with Crippen molar-refractivity contribution in [1.82, 2.24) is 24.7 Å². The summed E-state index contributed by atoms with van der Waals surface area (Å²) < 4.78 is 30.8. The van der Waals surface area contributed by atoms with E-state index < -0.39 is 29.4 Å². The number of imidazole rings is 1. The number of para-hydroxylation sites is 1. The molecule has 2 aromatic heterocycles. The number of halogens is 2. The molecular formula is C36H35F2N7O4. The maximum Gasteiger partial charge on any atom is 0.277 e. The van der Waals surface area contributed by atoms with E-state index in [2.05, 4.69) is 32.5 Å². The fourth-order valence-corrected chi connectivity index (χ4v) is 5.74. The minimum atomic E-state index is -0.746. The summed E-state index contributed by atoms with van der Waals surface area (Å²) in [5, 5.41) is 15.7. The van der Waals surface area contributed by atoms with Crippen LogP contribution < -0.4 is 15.5 Å². The predicted octanol–water partition coefficient (Wildman–Crippen LogP) is 5.06. The summed E-state index contributed by atoms with van der Waals surface area (Å²) in [4.78, 5) is 47.7. The molecule has 6 rings (SSSR count). The van der Waals surface area contributed by atoms with Crippen molar-refractivity contribution in [3.63, 3.8) is 0 Å².